The number of nitrogens with zero attached hydrogens (tertiary/aromatic N) is 3. The van der Waals surface area contributed by atoms with Crippen LogP contribution in [0.5, 0.6) is 0 Å². The average Bonchev–Trinajstić information content (AvgIpc) is 2.46. The number of hydrogen-bond acceptors (Lipinski definition) is 4. The van der Waals surface area contributed by atoms with Gasteiger partial charge in [-0.3, -0.25) is 0 Å². The van der Waals surface area contributed by atoms with Crippen LogP contribution in [-0.4, -0.2) is 34.3 Å². The summed E-state index contributed by atoms with van der Waals surface area (Å²) in [6.45, 7) is 9.43. The van der Waals surface area contributed by atoms with Gasteiger partial charge in [-0.25, -0.2) is 0 Å². The van der Waals surface area contributed by atoms with E-state index in [1.54, 1.807) is 0 Å². The van der Waals surface area contributed by atoms with Crippen molar-refractivity contribution in [2.45, 2.75) is 71.9 Å². The standard InChI is InChI=1S/C14H31N3O3Si/c1-5-9-10-11-12-13-14(16-17-15)21(18-6-2,19-7-3)20-8-4/h14H,5-13H2,1-4H3. The topological polar surface area (TPSA) is 76.5 Å². The van der Waals surface area contributed by atoms with Crippen LogP contribution < -0.4 is 0 Å². The summed E-state index contributed by atoms with van der Waals surface area (Å²) in [4.78, 5) is 2.98. The molecule has 0 aliphatic carbocycles. The van der Waals surface area contributed by atoms with Gasteiger partial charge in [0.2, 0.25) is 0 Å². The SMILES string of the molecule is CCCCCCCC(N=[N+]=[N-])[Si](OCC)(OCC)OCC. The van der Waals surface area contributed by atoms with Gasteiger partial charge in [0, 0.05) is 24.7 Å². The van der Waals surface area contributed by atoms with Crippen LogP contribution in [0.1, 0.15) is 66.2 Å². The van der Waals surface area contributed by atoms with Crippen LogP contribution in [-0.2, 0) is 13.3 Å². The molecule has 0 bridgehead atoms. The highest BCUT2D eigenvalue weighted by atomic mass is 28.4. The molecule has 0 N–H and O–H groups in total. The molecule has 1 atom stereocenters. The smallest absolute Gasteiger partial charge is 0.374 e. The van der Waals surface area contributed by atoms with Crippen LogP contribution >= 0.6 is 0 Å². The number of rotatable bonds is 14. The van der Waals surface area contributed by atoms with Gasteiger partial charge in [0.05, 0.1) is 0 Å². The van der Waals surface area contributed by atoms with Gasteiger partial charge in [0.1, 0.15) is 5.67 Å². The number of azide groups is 1. The van der Waals surface area contributed by atoms with E-state index >= 15 is 0 Å². The molecule has 0 fully saturated rings. The fourth-order valence-electron chi connectivity index (χ4n) is 2.33. The third kappa shape index (κ3) is 7.83. The van der Waals surface area contributed by atoms with Crippen molar-refractivity contribution in [2.24, 2.45) is 5.11 Å². The molecule has 0 spiro atoms. The molecule has 0 aliphatic heterocycles. The van der Waals surface area contributed by atoms with E-state index in [1.165, 1.54) is 19.3 Å². The average molecular weight is 318 g/mol. The van der Waals surface area contributed by atoms with Gasteiger partial charge in [-0.15, -0.1) is 0 Å². The fraction of sp³-hybridized carbons (Fsp3) is 1.00. The number of hydrogen-bond donors (Lipinski definition) is 0. The molecule has 1 unspecified atom stereocenters. The first-order chi connectivity index (χ1) is 10.2. The van der Waals surface area contributed by atoms with E-state index in [0.29, 0.717) is 19.8 Å². The molecular formula is C14H31N3O3Si. The molecule has 0 rings (SSSR count). The normalized spacial score (nSPS) is 13.0. The lowest BCUT2D eigenvalue weighted by molar-refractivity contribution is 0.0611. The van der Waals surface area contributed by atoms with Crippen molar-refractivity contribution in [3.05, 3.63) is 10.4 Å². The van der Waals surface area contributed by atoms with Crippen LogP contribution in [0.3, 0.4) is 0 Å². The minimum absolute atomic E-state index is 0.330. The van der Waals surface area contributed by atoms with E-state index < -0.39 is 8.80 Å². The summed E-state index contributed by atoms with van der Waals surface area (Å²) in [7, 11) is -2.93. The lowest BCUT2D eigenvalue weighted by atomic mass is 10.1. The molecule has 0 saturated carbocycles. The Balaban J connectivity index is 4.81. The molecule has 0 aromatic rings. The van der Waals surface area contributed by atoms with E-state index in [4.69, 9.17) is 18.8 Å². The molecule has 6 nitrogen and oxygen atoms in total. The third-order valence-electron chi connectivity index (χ3n) is 3.22. The van der Waals surface area contributed by atoms with Crippen molar-refractivity contribution in [2.75, 3.05) is 19.8 Å². The van der Waals surface area contributed by atoms with E-state index in [0.717, 1.165) is 19.3 Å². The Kier molecular flexibility index (Phi) is 12.7. The molecule has 0 saturated heterocycles. The van der Waals surface area contributed by atoms with Gasteiger partial charge in [-0.05, 0) is 32.7 Å². The van der Waals surface area contributed by atoms with Gasteiger partial charge in [0.25, 0.3) is 0 Å². The van der Waals surface area contributed by atoms with Gasteiger partial charge in [-0.1, -0.05) is 44.1 Å². The van der Waals surface area contributed by atoms with Crippen molar-refractivity contribution in [1.29, 1.82) is 0 Å². The van der Waals surface area contributed by atoms with Crippen molar-refractivity contribution in [1.82, 2.24) is 0 Å². The molecule has 0 radical (unpaired) electrons. The van der Waals surface area contributed by atoms with Crippen molar-refractivity contribution in [3.8, 4) is 0 Å². The summed E-state index contributed by atoms with van der Waals surface area (Å²) in [5, 5.41) is 3.94. The molecule has 0 aliphatic rings. The summed E-state index contributed by atoms with van der Waals surface area (Å²) >= 11 is 0. The highest BCUT2D eigenvalue weighted by molar-refractivity contribution is 6.62. The lowest BCUT2D eigenvalue weighted by Gasteiger charge is -2.33. The molecule has 0 heterocycles. The maximum Gasteiger partial charge on any atom is 0.510 e. The number of unbranched alkanes of at least 4 members (excludes halogenated alkanes) is 4. The van der Waals surface area contributed by atoms with Crippen LogP contribution in [0.25, 0.3) is 10.4 Å². The summed E-state index contributed by atoms with van der Waals surface area (Å²) < 4.78 is 17.5. The molecule has 21 heavy (non-hydrogen) atoms. The van der Waals surface area contributed by atoms with Crippen LogP contribution in [0.4, 0.5) is 0 Å². The van der Waals surface area contributed by atoms with Crippen molar-refractivity contribution >= 4 is 8.80 Å². The second-order valence-corrected chi connectivity index (χ2v) is 7.57. The maximum atomic E-state index is 8.86. The van der Waals surface area contributed by atoms with Gasteiger partial charge < -0.3 is 13.3 Å². The lowest BCUT2D eigenvalue weighted by Crippen LogP contribution is -2.55. The molecule has 0 aromatic heterocycles. The third-order valence-corrected chi connectivity index (χ3v) is 6.51. The fourth-order valence-corrected chi connectivity index (χ4v) is 5.11. The second-order valence-electron chi connectivity index (χ2n) is 4.83. The van der Waals surface area contributed by atoms with Gasteiger partial charge in [-0.2, -0.15) is 0 Å². The van der Waals surface area contributed by atoms with Crippen LogP contribution in [0.15, 0.2) is 5.11 Å². The highest BCUT2D eigenvalue weighted by Crippen LogP contribution is 2.23. The first kappa shape index (κ1) is 20.4. The summed E-state index contributed by atoms with van der Waals surface area (Å²) in [5.41, 5.74) is 8.53. The van der Waals surface area contributed by atoms with Crippen LogP contribution in [0, 0.1) is 0 Å². The van der Waals surface area contributed by atoms with Gasteiger partial charge in [0.15, 0.2) is 0 Å². The summed E-state index contributed by atoms with van der Waals surface area (Å²) in [6, 6.07) is 0. The predicted molar refractivity (Wildman–Crippen MR) is 86.9 cm³/mol. The zero-order valence-electron chi connectivity index (χ0n) is 14.0. The second kappa shape index (κ2) is 13.1. The minimum Gasteiger partial charge on any atom is -0.374 e. The summed E-state index contributed by atoms with van der Waals surface area (Å²) in [6.07, 6.45) is 6.59. The zero-order valence-corrected chi connectivity index (χ0v) is 15.0. The quantitative estimate of drug-likeness (QED) is 0.154. The minimum atomic E-state index is -2.93. The summed E-state index contributed by atoms with van der Waals surface area (Å²) in [5.74, 6) is 0. The highest BCUT2D eigenvalue weighted by Gasteiger charge is 2.48. The van der Waals surface area contributed by atoms with E-state index in [-0.39, 0.29) is 5.67 Å². The Morgan fingerprint density at radius 1 is 0.905 bits per heavy atom. The molecule has 7 heteroatoms. The Hall–Kier alpha value is -0.593. The molecule has 0 amide bonds. The maximum absolute atomic E-state index is 8.86. The zero-order chi connectivity index (χ0) is 16.0. The monoisotopic (exact) mass is 317 g/mol. The van der Waals surface area contributed by atoms with E-state index in [9.17, 15) is 0 Å². The first-order valence-corrected chi connectivity index (χ1v) is 9.96. The van der Waals surface area contributed by atoms with Gasteiger partial charge >= 0.3 is 8.80 Å². The van der Waals surface area contributed by atoms with Crippen LogP contribution in [0.2, 0.25) is 0 Å². The Morgan fingerprint density at radius 3 is 1.86 bits per heavy atom. The Labute approximate surface area is 130 Å². The van der Waals surface area contributed by atoms with Crippen molar-refractivity contribution < 1.29 is 13.3 Å². The van der Waals surface area contributed by atoms with E-state index in [2.05, 4.69) is 16.9 Å². The molecule has 124 valence electrons. The Morgan fingerprint density at radius 2 is 1.43 bits per heavy atom. The molecular weight excluding hydrogens is 286 g/mol. The Bertz CT molecular complexity index is 282. The largest absolute Gasteiger partial charge is 0.510 e. The van der Waals surface area contributed by atoms with E-state index in [1.807, 2.05) is 20.8 Å². The van der Waals surface area contributed by atoms with Crippen molar-refractivity contribution in [3.63, 3.8) is 0 Å². The molecule has 0 aromatic carbocycles. The predicted octanol–water partition coefficient (Wildman–Crippen LogP) is 4.61. The first-order valence-electron chi connectivity index (χ1n) is 8.16.